The number of carbonyl (C=O) groups is 1. The second-order valence-electron chi connectivity index (χ2n) is 5.78. The molecule has 0 aromatic carbocycles. The largest absolute Gasteiger partial charge is 0.481 e. The first kappa shape index (κ1) is 20.4. The van der Waals surface area contributed by atoms with Crippen LogP contribution < -0.4 is 16.8 Å². The lowest BCUT2D eigenvalue weighted by atomic mass is 10.1. The Kier molecular flexibility index (Phi) is 6.22. The average molecular weight is 386 g/mol. The van der Waals surface area contributed by atoms with Gasteiger partial charge in [0.2, 0.25) is 0 Å². The van der Waals surface area contributed by atoms with E-state index in [2.05, 4.69) is 9.97 Å². The van der Waals surface area contributed by atoms with Gasteiger partial charge in [-0.05, 0) is 0 Å². The molecule has 2 aromatic rings. The van der Waals surface area contributed by atoms with Crippen molar-refractivity contribution in [1.82, 2.24) is 19.5 Å². The predicted molar refractivity (Wildman–Crippen MR) is 88.3 cm³/mol. The fraction of sp³-hybridized carbons (Fsp3) is 0.500. The Labute approximate surface area is 149 Å². The van der Waals surface area contributed by atoms with Gasteiger partial charge in [-0.1, -0.05) is 0 Å². The topological polar surface area (TPSA) is 219 Å². The van der Waals surface area contributed by atoms with Gasteiger partial charge in [-0.25, -0.2) is 9.78 Å². The first-order valence-electron chi connectivity index (χ1n) is 7.78. The molecule has 7 N–H and O–H groups in total. The van der Waals surface area contributed by atoms with Crippen LogP contribution in [0.25, 0.3) is 11.2 Å². The van der Waals surface area contributed by atoms with Gasteiger partial charge in [-0.2, -0.15) is 0 Å². The van der Waals surface area contributed by atoms with E-state index in [4.69, 9.17) is 10.2 Å². The molecule has 0 fully saturated rings. The van der Waals surface area contributed by atoms with Crippen molar-refractivity contribution >= 4 is 17.1 Å². The van der Waals surface area contributed by atoms with E-state index in [1.54, 1.807) is 0 Å². The van der Waals surface area contributed by atoms with Gasteiger partial charge < -0.3 is 25.5 Å². The average Bonchev–Trinajstić information content (AvgIpc) is 2.61. The van der Waals surface area contributed by atoms with Crippen molar-refractivity contribution in [3.63, 3.8) is 0 Å². The highest BCUT2D eigenvalue weighted by molar-refractivity contribution is 5.69. The van der Waals surface area contributed by atoms with Crippen LogP contribution in [0, 0.1) is 0 Å². The Morgan fingerprint density at radius 3 is 2.37 bits per heavy atom. The number of carboxylic acids is 1. The third kappa shape index (κ3) is 4.46. The normalized spacial score (nSPS) is 14.8. The number of aromatic amines is 2. The van der Waals surface area contributed by atoms with Crippen LogP contribution in [0.5, 0.6) is 0 Å². The van der Waals surface area contributed by atoms with Crippen molar-refractivity contribution in [2.24, 2.45) is 0 Å². The molecule has 2 rings (SSSR count). The van der Waals surface area contributed by atoms with Crippen molar-refractivity contribution in [2.75, 3.05) is 6.61 Å². The van der Waals surface area contributed by atoms with Gasteiger partial charge in [0, 0.05) is 6.42 Å². The fourth-order valence-corrected chi connectivity index (χ4v) is 2.43. The van der Waals surface area contributed by atoms with Crippen LogP contribution in [0.4, 0.5) is 0 Å². The van der Waals surface area contributed by atoms with Gasteiger partial charge in [0.1, 0.15) is 29.7 Å². The highest BCUT2D eigenvalue weighted by Gasteiger charge is 2.26. The SMILES string of the molecule is O=C(O)CCc1nc2c(=O)[nH]c(=O)[nH]c2n(CC(O)C(O)C(O)CO)c1=O. The maximum absolute atomic E-state index is 12.6. The lowest BCUT2D eigenvalue weighted by Crippen LogP contribution is -2.44. The molecule has 2 aromatic heterocycles. The van der Waals surface area contributed by atoms with Crippen molar-refractivity contribution in [3.05, 3.63) is 36.9 Å². The van der Waals surface area contributed by atoms with E-state index >= 15 is 0 Å². The van der Waals surface area contributed by atoms with Crippen LogP contribution in [0.15, 0.2) is 14.4 Å². The molecule has 0 bridgehead atoms. The fourth-order valence-electron chi connectivity index (χ4n) is 2.43. The van der Waals surface area contributed by atoms with Gasteiger partial charge in [-0.15, -0.1) is 0 Å². The standard InChI is InChI=1S/C14H18N4O9/c19-4-7(21)10(24)6(20)3-18-11-9(12(25)17-14(27)16-11)15-5(13(18)26)1-2-8(22)23/h6-7,10,19-21,24H,1-4H2,(H,22,23)(H2,16,17,25,27). The highest BCUT2D eigenvalue weighted by atomic mass is 16.4. The number of fused-ring (bicyclic) bond motifs is 1. The number of hydrogen-bond acceptors (Lipinski definition) is 9. The lowest BCUT2D eigenvalue weighted by molar-refractivity contribution is -0.136. The molecule has 0 spiro atoms. The van der Waals surface area contributed by atoms with E-state index in [1.165, 1.54) is 0 Å². The molecule has 13 nitrogen and oxygen atoms in total. The number of nitrogens with zero attached hydrogens (tertiary/aromatic N) is 2. The molecule has 0 amide bonds. The Morgan fingerprint density at radius 2 is 1.78 bits per heavy atom. The third-order valence-electron chi connectivity index (χ3n) is 3.83. The van der Waals surface area contributed by atoms with Crippen LogP contribution in [0.2, 0.25) is 0 Å². The lowest BCUT2D eigenvalue weighted by Gasteiger charge is -2.22. The molecule has 0 radical (unpaired) electrons. The summed E-state index contributed by atoms with van der Waals surface area (Å²) in [5, 5.41) is 46.8. The molecule has 0 saturated heterocycles. The molecule has 27 heavy (non-hydrogen) atoms. The molecule has 13 heteroatoms. The second-order valence-corrected chi connectivity index (χ2v) is 5.78. The molecule has 0 saturated carbocycles. The van der Waals surface area contributed by atoms with Gasteiger partial charge in [-0.3, -0.25) is 28.9 Å². The Bertz CT molecular complexity index is 1010. The molecule has 0 aliphatic rings. The number of rotatable bonds is 8. The molecule has 2 heterocycles. The van der Waals surface area contributed by atoms with E-state index in [0.717, 1.165) is 4.57 Å². The van der Waals surface area contributed by atoms with E-state index in [1.807, 2.05) is 4.98 Å². The monoisotopic (exact) mass is 386 g/mol. The van der Waals surface area contributed by atoms with Crippen LogP contribution >= 0.6 is 0 Å². The van der Waals surface area contributed by atoms with Crippen molar-refractivity contribution in [3.8, 4) is 0 Å². The summed E-state index contributed by atoms with van der Waals surface area (Å²) in [6.45, 7) is -1.53. The number of aliphatic hydroxyl groups excluding tert-OH is 4. The first-order valence-corrected chi connectivity index (χ1v) is 7.78. The number of aliphatic hydroxyl groups is 4. The number of H-pyrrole nitrogens is 2. The summed E-state index contributed by atoms with van der Waals surface area (Å²) in [5.74, 6) is -1.21. The molecular formula is C14H18N4O9. The zero-order valence-corrected chi connectivity index (χ0v) is 13.8. The van der Waals surface area contributed by atoms with Gasteiger partial charge in [0.05, 0.1) is 19.6 Å². The van der Waals surface area contributed by atoms with E-state index in [0.29, 0.717) is 0 Å². The summed E-state index contributed by atoms with van der Waals surface area (Å²) in [7, 11) is 0. The highest BCUT2D eigenvalue weighted by Crippen LogP contribution is 2.07. The summed E-state index contributed by atoms with van der Waals surface area (Å²) in [6, 6.07) is 0. The van der Waals surface area contributed by atoms with E-state index < -0.39 is 60.7 Å². The zero-order valence-electron chi connectivity index (χ0n) is 13.8. The van der Waals surface area contributed by atoms with Gasteiger partial charge in [0.25, 0.3) is 11.1 Å². The Morgan fingerprint density at radius 1 is 1.11 bits per heavy atom. The van der Waals surface area contributed by atoms with Crippen LogP contribution in [-0.4, -0.2) is 75.9 Å². The molecule has 0 aliphatic carbocycles. The van der Waals surface area contributed by atoms with Gasteiger partial charge >= 0.3 is 11.7 Å². The quantitative estimate of drug-likeness (QED) is 0.232. The zero-order chi connectivity index (χ0) is 20.3. The first-order chi connectivity index (χ1) is 12.6. The maximum atomic E-state index is 12.6. The summed E-state index contributed by atoms with van der Waals surface area (Å²) >= 11 is 0. The second kappa shape index (κ2) is 8.22. The van der Waals surface area contributed by atoms with Crippen LogP contribution in [-0.2, 0) is 17.8 Å². The number of nitrogens with one attached hydrogen (secondary N) is 2. The molecule has 0 aliphatic heterocycles. The minimum Gasteiger partial charge on any atom is -0.481 e. The Hall–Kier alpha value is -2.87. The maximum Gasteiger partial charge on any atom is 0.327 e. The number of aliphatic carboxylic acids is 1. The molecule has 3 atom stereocenters. The smallest absolute Gasteiger partial charge is 0.327 e. The van der Waals surface area contributed by atoms with Crippen molar-refractivity contribution in [1.29, 1.82) is 0 Å². The number of hydrogen-bond donors (Lipinski definition) is 7. The number of aryl methyl sites for hydroxylation is 1. The molecular weight excluding hydrogens is 368 g/mol. The Balaban J connectivity index is 2.62. The minimum atomic E-state index is -1.83. The third-order valence-corrected chi connectivity index (χ3v) is 3.83. The number of aromatic nitrogens is 4. The van der Waals surface area contributed by atoms with Crippen LogP contribution in [0.1, 0.15) is 12.1 Å². The van der Waals surface area contributed by atoms with Crippen molar-refractivity contribution < 1.29 is 30.3 Å². The predicted octanol–water partition coefficient (Wildman–Crippen LogP) is -4.13. The minimum absolute atomic E-state index is 0.299. The summed E-state index contributed by atoms with van der Waals surface area (Å²) < 4.78 is 0.744. The van der Waals surface area contributed by atoms with E-state index in [9.17, 15) is 34.5 Å². The summed E-state index contributed by atoms with van der Waals surface area (Å²) in [4.78, 5) is 54.7. The van der Waals surface area contributed by atoms with E-state index in [-0.39, 0.29) is 23.3 Å². The van der Waals surface area contributed by atoms with Gasteiger partial charge in [0.15, 0.2) is 5.52 Å². The van der Waals surface area contributed by atoms with Crippen molar-refractivity contribution in [2.45, 2.75) is 37.7 Å². The summed E-state index contributed by atoms with van der Waals surface area (Å²) in [6.07, 6.45) is -6.06. The number of carboxylic acid groups (broad SMARTS) is 1. The summed E-state index contributed by atoms with van der Waals surface area (Å²) in [5.41, 5.74) is -3.81. The molecule has 148 valence electrons. The molecule has 3 unspecified atom stereocenters. The van der Waals surface area contributed by atoms with Crippen LogP contribution in [0.3, 0.4) is 0 Å².